The summed E-state index contributed by atoms with van der Waals surface area (Å²) >= 11 is 0. The third kappa shape index (κ3) is 3.76. The quantitative estimate of drug-likeness (QED) is 0.755. The van der Waals surface area contributed by atoms with Gasteiger partial charge in [0.15, 0.2) is 0 Å². The zero-order valence-corrected chi connectivity index (χ0v) is 14.0. The van der Waals surface area contributed by atoms with Gasteiger partial charge < -0.3 is 10.4 Å². The molecule has 0 radical (unpaired) electrons. The van der Waals surface area contributed by atoms with Crippen LogP contribution in [-0.4, -0.2) is 47.1 Å². The van der Waals surface area contributed by atoms with Crippen molar-refractivity contribution in [3.8, 4) is 0 Å². The van der Waals surface area contributed by atoms with Crippen LogP contribution in [0.3, 0.4) is 0 Å². The van der Waals surface area contributed by atoms with E-state index in [-0.39, 0.29) is 23.9 Å². The fourth-order valence-corrected chi connectivity index (χ4v) is 3.07. The van der Waals surface area contributed by atoms with Gasteiger partial charge in [-0.15, -0.1) is 0 Å². The van der Waals surface area contributed by atoms with Crippen molar-refractivity contribution < 1.29 is 14.7 Å². The predicted octanol–water partition coefficient (Wildman–Crippen LogP) is 2.11. The molecule has 5 heteroatoms. The first-order valence-electron chi connectivity index (χ1n) is 8.06. The van der Waals surface area contributed by atoms with Gasteiger partial charge >= 0.3 is 5.97 Å². The van der Waals surface area contributed by atoms with E-state index >= 15 is 0 Å². The molecule has 1 aliphatic rings. The molecule has 0 aromatic heterocycles. The Balaban J connectivity index is 2.71. The number of rotatable bonds is 7. The zero-order chi connectivity index (χ0) is 16.2. The number of nitrogens with one attached hydrogen (secondary N) is 1. The first kappa shape index (κ1) is 18.0. The van der Waals surface area contributed by atoms with Crippen LogP contribution in [0.15, 0.2) is 0 Å². The summed E-state index contributed by atoms with van der Waals surface area (Å²) < 4.78 is 0. The predicted molar refractivity (Wildman–Crippen MR) is 83.1 cm³/mol. The number of nitrogens with zero attached hydrogens (tertiary/aromatic N) is 1. The summed E-state index contributed by atoms with van der Waals surface area (Å²) in [5.74, 6) is -0.671. The number of aliphatic carboxylic acids is 1. The lowest BCUT2D eigenvalue weighted by Crippen LogP contribution is -2.49. The summed E-state index contributed by atoms with van der Waals surface area (Å²) in [5, 5.41) is 12.6. The Morgan fingerprint density at radius 2 is 1.81 bits per heavy atom. The first-order valence-corrected chi connectivity index (χ1v) is 8.06. The minimum Gasteiger partial charge on any atom is -0.481 e. The second kappa shape index (κ2) is 7.25. The van der Waals surface area contributed by atoms with Crippen LogP contribution in [0, 0.1) is 11.3 Å². The molecule has 1 amide bonds. The smallest absolute Gasteiger partial charge is 0.311 e. The molecule has 0 aromatic carbocycles. The standard InChI is InChI=1S/C16H30N2O3/c1-6-13(7-2)17-14(19)12(5)18-9-8-16(10-18,11(3)4)15(20)21/h11-13H,6-10H2,1-5H3,(H,17,19)(H,20,21). The molecule has 1 saturated heterocycles. The maximum atomic E-state index is 12.3. The van der Waals surface area contributed by atoms with Gasteiger partial charge in [0.1, 0.15) is 0 Å². The normalized spacial score (nSPS) is 24.5. The Hall–Kier alpha value is -1.10. The molecule has 0 spiro atoms. The molecule has 1 heterocycles. The van der Waals surface area contributed by atoms with E-state index in [1.165, 1.54) is 0 Å². The van der Waals surface area contributed by atoms with E-state index in [9.17, 15) is 14.7 Å². The van der Waals surface area contributed by atoms with Crippen LogP contribution in [0.2, 0.25) is 0 Å². The third-order valence-electron chi connectivity index (χ3n) is 5.12. The lowest BCUT2D eigenvalue weighted by Gasteiger charge is -2.31. The van der Waals surface area contributed by atoms with Gasteiger partial charge in [-0.25, -0.2) is 0 Å². The second-order valence-electron chi connectivity index (χ2n) is 6.53. The van der Waals surface area contributed by atoms with Crippen molar-refractivity contribution in [1.29, 1.82) is 0 Å². The average molecular weight is 298 g/mol. The maximum Gasteiger partial charge on any atom is 0.311 e. The Kier molecular flexibility index (Phi) is 6.20. The lowest BCUT2D eigenvalue weighted by atomic mass is 9.76. The van der Waals surface area contributed by atoms with Crippen LogP contribution < -0.4 is 5.32 Å². The van der Waals surface area contributed by atoms with E-state index in [1.807, 2.05) is 25.7 Å². The summed E-state index contributed by atoms with van der Waals surface area (Å²) in [4.78, 5) is 26.0. The molecule has 5 nitrogen and oxygen atoms in total. The van der Waals surface area contributed by atoms with E-state index in [1.54, 1.807) is 0 Å². The number of carbonyl (C=O) groups excluding carboxylic acids is 1. The van der Waals surface area contributed by atoms with E-state index in [0.29, 0.717) is 19.5 Å². The lowest BCUT2D eigenvalue weighted by molar-refractivity contribution is -0.151. The van der Waals surface area contributed by atoms with Gasteiger partial charge in [0.25, 0.3) is 0 Å². The Morgan fingerprint density at radius 3 is 2.19 bits per heavy atom. The zero-order valence-electron chi connectivity index (χ0n) is 14.0. The molecule has 2 N–H and O–H groups in total. The SMILES string of the molecule is CCC(CC)NC(=O)C(C)N1CCC(C(=O)O)(C(C)C)C1. The fourth-order valence-electron chi connectivity index (χ4n) is 3.07. The highest BCUT2D eigenvalue weighted by Gasteiger charge is 2.48. The molecular formula is C16H30N2O3. The largest absolute Gasteiger partial charge is 0.481 e. The van der Waals surface area contributed by atoms with E-state index in [4.69, 9.17) is 0 Å². The minimum absolute atomic E-state index is 0.00800. The molecule has 0 aliphatic carbocycles. The molecule has 2 unspecified atom stereocenters. The van der Waals surface area contributed by atoms with Gasteiger partial charge in [-0.3, -0.25) is 14.5 Å². The number of hydrogen-bond donors (Lipinski definition) is 2. The van der Waals surface area contributed by atoms with Crippen LogP contribution in [0.25, 0.3) is 0 Å². The van der Waals surface area contributed by atoms with Crippen molar-refractivity contribution in [3.05, 3.63) is 0 Å². The van der Waals surface area contributed by atoms with E-state index < -0.39 is 11.4 Å². The van der Waals surface area contributed by atoms with Gasteiger partial charge in [-0.05, 0) is 32.1 Å². The average Bonchev–Trinajstić information content (AvgIpc) is 2.90. The number of likely N-dealkylation sites (tertiary alicyclic amines) is 1. The molecule has 0 aromatic rings. The Morgan fingerprint density at radius 1 is 1.24 bits per heavy atom. The molecule has 0 saturated carbocycles. The first-order chi connectivity index (χ1) is 9.78. The molecular weight excluding hydrogens is 268 g/mol. The number of carbonyl (C=O) groups is 2. The Labute approximate surface area is 128 Å². The van der Waals surface area contributed by atoms with Gasteiger partial charge in [0.2, 0.25) is 5.91 Å². The maximum absolute atomic E-state index is 12.3. The van der Waals surface area contributed by atoms with Crippen LogP contribution >= 0.6 is 0 Å². The molecule has 1 fully saturated rings. The van der Waals surface area contributed by atoms with Gasteiger partial charge in [-0.1, -0.05) is 27.7 Å². The van der Waals surface area contributed by atoms with Crippen molar-refractivity contribution >= 4 is 11.9 Å². The summed E-state index contributed by atoms with van der Waals surface area (Å²) in [6, 6.07) is -0.0672. The highest BCUT2D eigenvalue weighted by molar-refractivity contribution is 5.82. The highest BCUT2D eigenvalue weighted by Crippen LogP contribution is 2.38. The summed E-state index contributed by atoms with van der Waals surface area (Å²) in [6.45, 7) is 11.0. The van der Waals surface area contributed by atoms with Crippen molar-refractivity contribution in [3.63, 3.8) is 0 Å². The number of amides is 1. The minimum atomic E-state index is -0.743. The molecule has 0 bridgehead atoms. The third-order valence-corrected chi connectivity index (χ3v) is 5.12. The molecule has 2 atom stereocenters. The van der Waals surface area contributed by atoms with E-state index in [0.717, 1.165) is 12.8 Å². The fraction of sp³-hybridized carbons (Fsp3) is 0.875. The summed E-state index contributed by atoms with van der Waals surface area (Å²) in [5.41, 5.74) is -0.719. The van der Waals surface area contributed by atoms with Crippen molar-refractivity contribution in [2.24, 2.45) is 11.3 Å². The second-order valence-corrected chi connectivity index (χ2v) is 6.53. The van der Waals surface area contributed by atoms with Crippen LogP contribution in [0.4, 0.5) is 0 Å². The summed E-state index contributed by atoms with van der Waals surface area (Å²) in [6.07, 6.45) is 2.45. The van der Waals surface area contributed by atoms with Crippen LogP contribution in [-0.2, 0) is 9.59 Å². The van der Waals surface area contributed by atoms with Crippen LogP contribution in [0.5, 0.6) is 0 Å². The molecule has 1 rings (SSSR count). The molecule has 21 heavy (non-hydrogen) atoms. The Bertz CT molecular complexity index is 380. The monoisotopic (exact) mass is 298 g/mol. The molecule has 122 valence electrons. The van der Waals surface area contributed by atoms with Gasteiger partial charge in [0.05, 0.1) is 11.5 Å². The number of hydrogen-bond acceptors (Lipinski definition) is 3. The number of carboxylic acid groups (broad SMARTS) is 1. The van der Waals surface area contributed by atoms with Crippen molar-refractivity contribution in [2.45, 2.75) is 66.0 Å². The van der Waals surface area contributed by atoms with Gasteiger partial charge in [0, 0.05) is 19.1 Å². The van der Waals surface area contributed by atoms with Crippen molar-refractivity contribution in [1.82, 2.24) is 10.2 Å². The van der Waals surface area contributed by atoms with Crippen molar-refractivity contribution in [2.75, 3.05) is 13.1 Å². The van der Waals surface area contributed by atoms with E-state index in [2.05, 4.69) is 19.2 Å². The van der Waals surface area contributed by atoms with Crippen LogP contribution in [0.1, 0.15) is 53.9 Å². The highest BCUT2D eigenvalue weighted by atomic mass is 16.4. The molecule has 1 aliphatic heterocycles. The van der Waals surface area contributed by atoms with Gasteiger partial charge in [-0.2, -0.15) is 0 Å². The topological polar surface area (TPSA) is 69.6 Å². The summed E-state index contributed by atoms with van der Waals surface area (Å²) in [7, 11) is 0. The number of carboxylic acids is 1.